The number of ether oxygens (including phenoxy) is 3. The first-order valence-electron chi connectivity index (χ1n) is 9.03. The van der Waals surface area contributed by atoms with E-state index in [1.54, 1.807) is 24.1 Å². The van der Waals surface area contributed by atoms with E-state index in [4.69, 9.17) is 14.2 Å². The van der Waals surface area contributed by atoms with Gasteiger partial charge < -0.3 is 19.2 Å². The maximum absolute atomic E-state index is 12.5. The molecule has 1 saturated heterocycles. The molecule has 0 bridgehead atoms. The lowest BCUT2D eigenvalue weighted by Crippen LogP contribution is -2.34. The molecule has 0 amide bonds. The third-order valence-electron chi connectivity index (χ3n) is 4.95. The summed E-state index contributed by atoms with van der Waals surface area (Å²) in [4.78, 5) is 27.2. The van der Waals surface area contributed by atoms with Crippen LogP contribution in [0.3, 0.4) is 0 Å². The zero-order chi connectivity index (χ0) is 19.1. The SMILES string of the molecule is COc1c(-c2cnc3[nH]c(=O)n(C[C@H]4COCCO4)c3c2)cnc2[nH]ccc12. The van der Waals surface area contributed by atoms with Crippen LogP contribution >= 0.6 is 0 Å². The predicted molar refractivity (Wildman–Crippen MR) is 103 cm³/mol. The number of hydrogen-bond donors (Lipinski definition) is 2. The molecule has 28 heavy (non-hydrogen) atoms. The van der Waals surface area contributed by atoms with Crippen molar-refractivity contribution in [2.24, 2.45) is 0 Å². The number of rotatable bonds is 4. The second-order valence-electron chi connectivity index (χ2n) is 6.65. The molecular weight excluding hydrogens is 362 g/mol. The molecule has 2 N–H and O–H groups in total. The fraction of sp³-hybridized carbons (Fsp3) is 0.316. The van der Waals surface area contributed by atoms with Crippen LogP contribution in [0, 0.1) is 0 Å². The van der Waals surface area contributed by atoms with E-state index in [9.17, 15) is 4.79 Å². The van der Waals surface area contributed by atoms with E-state index in [0.29, 0.717) is 43.3 Å². The third kappa shape index (κ3) is 2.76. The lowest BCUT2D eigenvalue weighted by molar-refractivity contribution is -0.0934. The van der Waals surface area contributed by atoms with Crippen LogP contribution in [0.1, 0.15) is 0 Å². The fourth-order valence-electron chi connectivity index (χ4n) is 3.62. The average Bonchev–Trinajstić information content (AvgIpc) is 3.32. The normalized spacial score (nSPS) is 17.4. The first-order valence-corrected chi connectivity index (χ1v) is 9.03. The van der Waals surface area contributed by atoms with Crippen LogP contribution in [-0.2, 0) is 16.0 Å². The molecule has 4 aromatic heterocycles. The molecule has 1 fully saturated rings. The summed E-state index contributed by atoms with van der Waals surface area (Å²) in [6.07, 6.45) is 5.11. The van der Waals surface area contributed by atoms with Crippen LogP contribution in [0.15, 0.2) is 35.5 Å². The molecule has 1 atom stereocenters. The summed E-state index contributed by atoms with van der Waals surface area (Å²) in [5.41, 5.74) is 3.38. The molecule has 4 aromatic rings. The molecule has 1 aliphatic heterocycles. The van der Waals surface area contributed by atoms with Crippen molar-refractivity contribution in [1.82, 2.24) is 24.5 Å². The van der Waals surface area contributed by atoms with Crippen molar-refractivity contribution in [2.75, 3.05) is 26.9 Å². The number of nitrogens with zero attached hydrogens (tertiary/aromatic N) is 3. The largest absolute Gasteiger partial charge is 0.495 e. The molecule has 0 unspecified atom stereocenters. The summed E-state index contributed by atoms with van der Waals surface area (Å²) < 4.78 is 18.4. The third-order valence-corrected chi connectivity index (χ3v) is 4.95. The summed E-state index contributed by atoms with van der Waals surface area (Å²) >= 11 is 0. The molecule has 1 aliphatic rings. The van der Waals surface area contributed by atoms with Gasteiger partial charge in [0.2, 0.25) is 0 Å². The number of fused-ring (bicyclic) bond motifs is 2. The fourth-order valence-corrected chi connectivity index (χ4v) is 3.62. The van der Waals surface area contributed by atoms with Crippen molar-refractivity contribution in [2.45, 2.75) is 12.6 Å². The second kappa shape index (κ2) is 6.77. The smallest absolute Gasteiger partial charge is 0.327 e. The van der Waals surface area contributed by atoms with Crippen LogP contribution in [0.5, 0.6) is 5.75 Å². The molecule has 0 spiro atoms. The zero-order valence-electron chi connectivity index (χ0n) is 15.3. The molecule has 0 aromatic carbocycles. The van der Waals surface area contributed by atoms with Crippen LogP contribution in [-0.4, -0.2) is 57.5 Å². The van der Waals surface area contributed by atoms with Gasteiger partial charge in [-0.05, 0) is 12.1 Å². The highest BCUT2D eigenvalue weighted by molar-refractivity contribution is 5.91. The van der Waals surface area contributed by atoms with E-state index in [-0.39, 0.29) is 11.8 Å². The first-order chi connectivity index (χ1) is 13.7. The van der Waals surface area contributed by atoms with Gasteiger partial charge in [0.15, 0.2) is 5.65 Å². The Balaban J connectivity index is 1.61. The standard InChI is InChI=1S/C19H19N5O4/c1-26-16-13-2-3-20-17(13)22-8-14(16)11-6-15-18(21-7-11)23-19(25)24(15)9-12-10-27-4-5-28-12/h2-3,6-8,12H,4-5,9-10H2,1H3,(H,20,22)(H,21,23,25)/t12-/m0/s1. The molecular formula is C19H19N5O4. The Labute approximate surface area is 159 Å². The molecule has 9 nitrogen and oxygen atoms in total. The summed E-state index contributed by atoms with van der Waals surface area (Å²) in [6.45, 7) is 1.98. The minimum absolute atomic E-state index is 0.165. The molecule has 5 rings (SSSR count). The van der Waals surface area contributed by atoms with E-state index < -0.39 is 0 Å². The minimum Gasteiger partial charge on any atom is -0.495 e. The number of imidazole rings is 1. The number of methoxy groups -OCH3 is 1. The highest BCUT2D eigenvalue weighted by Crippen LogP contribution is 2.35. The van der Waals surface area contributed by atoms with Crippen LogP contribution in [0.2, 0.25) is 0 Å². The topological polar surface area (TPSA) is 107 Å². The van der Waals surface area contributed by atoms with Crippen molar-refractivity contribution in [1.29, 1.82) is 0 Å². The molecule has 0 aliphatic carbocycles. The summed E-state index contributed by atoms with van der Waals surface area (Å²) in [5.74, 6) is 0.709. The maximum atomic E-state index is 12.5. The van der Waals surface area contributed by atoms with Gasteiger partial charge in [-0.15, -0.1) is 0 Å². The van der Waals surface area contributed by atoms with Crippen LogP contribution < -0.4 is 10.4 Å². The van der Waals surface area contributed by atoms with Crippen LogP contribution in [0.25, 0.3) is 33.3 Å². The van der Waals surface area contributed by atoms with Crippen molar-refractivity contribution in [3.63, 3.8) is 0 Å². The van der Waals surface area contributed by atoms with Gasteiger partial charge in [0.05, 0.1) is 50.5 Å². The van der Waals surface area contributed by atoms with Gasteiger partial charge >= 0.3 is 5.69 Å². The van der Waals surface area contributed by atoms with Gasteiger partial charge in [0.25, 0.3) is 0 Å². The van der Waals surface area contributed by atoms with E-state index in [1.807, 2.05) is 18.3 Å². The number of aromatic amines is 2. The van der Waals surface area contributed by atoms with Gasteiger partial charge in [0, 0.05) is 29.7 Å². The Morgan fingerprint density at radius 3 is 3.00 bits per heavy atom. The van der Waals surface area contributed by atoms with E-state index in [1.165, 1.54) is 0 Å². The van der Waals surface area contributed by atoms with Crippen LogP contribution in [0.4, 0.5) is 0 Å². The van der Waals surface area contributed by atoms with Crippen molar-refractivity contribution in [3.8, 4) is 16.9 Å². The minimum atomic E-state index is -0.222. The van der Waals surface area contributed by atoms with Gasteiger partial charge in [-0.2, -0.15) is 0 Å². The Hall–Kier alpha value is -3.17. The number of H-pyrrole nitrogens is 2. The lowest BCUT2D eigenvalue weighted by atomic mass is 10.1. The predicted octanol–water partition coefficient (Wildman–Crippen LogP) is 1.69. The van der Waals surface area contributed by atoms with Gasteiger partial charge in [-0.1, -0.05) is 0 Å². The average molecular weight is 381 g/mol. The van der Waals surface area contributed by atoms with Gasteiger partial charge in [0.1, 0.15) is 11.4 Å². The van der Waals surface area contributed by atoms with E-state index in [2.05, 4.69) is 19.9 Å². The highest BCUT2D eigenvalue weighted by atomic mass is 16.6. The number of pyridine rings is 2. The van der Waals surface area contributed by atoms with Gasteiger partial charge in [-0.25, -0.2) is 14.8 Å². The molecule has 144 valence electrons. The van der Waals surface area contributed by atoms with E-state index in [0.717, 1.165) is 22.2 Å². The van der Waals surface area contributed by atoms with E-state index >= 15 is 0 Å². The summed E-state index contributed by atoms with van der Waals surface area (Å²) in [7, 11) is 1.63. The number of aromatic nitrogens is 5. The Bertz CT molecular complexity index is 1200. The van der Waals surface area contributed by atoms with Crippen molar-refractivity contribution < 1.29 is 14.2 Å². The first kappa shape index (κ1) is 17.0. The Morgan fingerprint density at radius 2 is 2.18 bits per heavy atom. The molecule has 0 saturated carbocycles. The Morgan fingerprint density at radius 1 is 1.29 bits per heavy atom. The molecule has 5 heterocycles. The zero-order valence-corrected chi connectivity index (χ0v) is 15.3. The van der Waals surface area contributed by atoms with Crippen molar-refractivity contribution >= 4 is 22.2 Å². The number of hydrogen-bond acceptors (Lipinski definition) is 6. The maximum Gasteiger partial charge on any atom is 0.327 e. The number of nitrogens with one attached hydrogen (secondary N) is 2. The quantitative estimate of drug-likeness (QED) is 0.557. The summed E-state index contributed by atoms with van der Waals surface area (Å²) in [6, 6.07) is 3.84. The lowest BCUT2D eigenvalue weighted by Gasteiger charge is -2.23. The Kier molecular flexibility index (Phi) is 4.10. The monoisotopic (exact) mass is 381 g/mol. The summed E-state index contributed by atoms with van der Waals surface area (Å²) in [5, 5.41) is 0.888. The molecule has 0 radical (unpaired) electrons. The second-order valence-corrected chi connectivity index (χ2v) is 6.65. The molecule has 9 heteroatoms. The van der Waals surface area contributed by atoms with Crippen molar-refractivity contribution in [3.05, 3.63) is 41.2 Å². The highest BCUT2D eigenvalue weighted by Gasteiger charge is 2.19. The van der Waals surface area contributed by atoms with Gasteiger partial charge in [-0.3, -0.25) is 9.55 Å².